The fourth-order valence-corrected chi connectivity index (χ4v) is 3.49. The van der Waals surface area contributed by atoms with Gasteiger partial charge in [0.25, 0.3) is 0 Å². The van der Waals surface area contributed by atoms with E-state index in [0.29, 0.717) is 6.42 Å². The summed E-state index contributed by atoms with van der Waals surface area (Å²) in [7, 11) is 0. The number of nitrogens with zero attached hydrogens (tertiary/aromatic N) is 3. The third-order valence-corrected chi connectivity index (χ3v) is 4.73. The first-order chi connectivity index (χ1) is 9.13. The van der Waals surface area contributed by atoms with Crippen molar-refractivity contribution in [3.63, 3.8) is 0 Å². The van der Waals surface area contributed by atoms with Crippen molar-refractivity contribution in [2.45, 2.75) is 31.7 Å². The molecule has 6 heteroatoms. The lowest BCUT2D eigenvalue weighted by Crippen LogP contribution is -2.55. The fraction of sp³-hybridized carbons (Fsp3) is 0.462. The molecule has 0 amide bonds. The van der Waals surface area contributed by atoms with Crippen molar-refractivity contribution in [2.24, 2.45) is 0 Å². The van der Waals surface area contributed by atoms with Crippen LogP contribution in [0.5, 0.6) is 0 Å². The van der Waals surface area contributed by atoms with E-state index in [1.807, 2.05) is 16.3 Å². The number of aromatic nitrogens is 2. The summed E-state index contributed by atoms with van der Waals surface area (Å²) in [5.74, 6) is -0.0277. The topological polar surface area (TPSA) is 66.3 Å². The number of hydrogen-bond acceptors (Lipinski definition) is 5. The Morgan fingerprint density at radius 1 is 1.47 bits per heavy atom. The van der Waals surface area contributed by atoms with Gasteiger partial charge in [0.15, 0.2) is 5.82 Å². The van der Waals surface area contributed by atoms with E-state index in [0.717, 1.165) is 35.4 Å². The van der Waals surface area contributed by atoms with Crippen molar-refractivity contribution in [3.05, 3.63) is 17.8 Å². The van der Waals surface area contributed by atoms with Crippen molar-refractivity contribution in [1.29, 1.82) is 0 Å². The van der Waals surface area contributed by atoms with Crippen LogP contribution in [-0.2, 0) is 4.79 Å². The summed E-state index contributed by atoms with van der Waals surface area (Å²) in [5.41, 5.74) is 0.0112. The molecule has 0 aromatic carbocycles. The zero-order valence-electron chi connectivity index (χ0n) is 10.7. The van der Waals surface area contributed by atoms with E-state index < -0.39 is 11.5 Å². The first kappa shape index (κ1) is 12.3. The Labute approximate surface area is 114 Å². The number of carboxylic acid groups (broad SMARTS) is 1. The Morgan fingerprint density at radius 3 is 3.11 bits per heavy atom. The number of thiophene rings is 1. The van der Waals surface area contributed by atoms with E-state index in [-0.39, 0.29) is 0 Å². The van der Waals surface area contributed by atoms with Crippen LogP contribution in [0.4, 0.5) is 5.82 Å². The highest BCUT2D eigenvalue weighted by Gasteiger charge is 2.42. The molecule has 2 aromatic rings. The van der Waals surface area contributed by atoms with Gasteiger partial charge in [-0.15, -0.1) is 11.3 Å². The number of aliphatic carboxylic acids is 1. The summed E-state index contributed by atoms with van der Waals surface area (Å²) in [4.78, 5) is 22.1. The van der Waals surface area contributed by atoms with Crippen LogP contribution in [0.25, 0.3) is 10.2 Å². The molecule has 1 saturated heterocycles. The Balaban J connectivity index is 2.13. The second-order valence-electron chi connectivity index (χ2n) is 5.02. The van der Waals surface area contributed by atoms with Gasteiger partial charge in [0.05, 0.1) is 10.2 Å². The van der Waals surface area contributed by atoms with Gasteiger partial charge in [-0.3, -0.25) is 0 Å². The van der Waals surface area contributed by atoms with Gasteiger partial charge in [-0.2, -0.15) is 0 Å². The maximum Gasteiger partial charge on any atom is 0.329 e. The molecule has 2 aromatic heterocycles. The number of carboxylic acids is 1. The van der Waals surface area contributed by atoms with Gasteiger partial charge < -0.3 is 10.0 Å². The van der Waals surface area contributed by atoms with Gasteiger partial charge in [0, 0.05) is 6.54 Å². The number of anilines is 1. The molecule has 0 aliphatic carbocycles. The second kappa shape index (κ2) is 4.45. The summed E-state index contributed by atoms with van der Waals surface area (Å²) in [6, 6.07) is 1.94. The van der Waals surface area contributed by atoms with Crippen LogP contribution in [0.15, 0.2) is 17.8 Å². The lowest BCUT2D eigenvalue weighted by molar-refractivity contribution is -0.143. The fourth-order valence-electron chi connectivity index (χ4n) is 2.65. The second-order valence-corrected chi connectivity index (χ2v) is 5.94. The average molecular weight is 277 g/mol. The minimum Gasteiger partial charge on any atom is -0.480 e. The molecule has 3 rings (SSSR count). The molecule has 3 heterocycles. The Morgan fingerprint density at radius 2 is 2.32 bits per heavy atom. The predicted molar refractivity (Wildman–Crippen MR) is 74.7 cm³/mol. The van der Waals surface area contributed by atoms with E-state index in [9.17, 15) is 9.90 Å². The predicted octanol–water partition coefficient (Wildman–Crippen LogP) is 2.52. The Bertz CT molecular complexity index is 627. The van der Waals surface area contributed by atoms with Gasteiger partial charge in [-0.1, -0.05) is 0 Å². The van der Waals surface area contributed by atoms with E-state index in [2.05, 4.69) is 9.97 Å². The van der Waals surface area contributed by atoms with Crippen molar-refractivity contribution in [3.8, 4) is 0 Å². The molecule has 1 N–H and O–H groups in total. The minimum absolute atomic E-state index is 0.652. The first-order valence-corrected chi connectivity index (χ1v) is 7.20. The van der Waals surface area contributed by atoms with Gasteiger partial charge in [0.1, 0.15) is 11.9 Å². The zero-order chi connectivity index (χ0) is 13.5. The first-order valence-electron chi connectivity index (χ1n) is 6.32. The maximum atomic E-state index is 11.7. The van der Waals surface area contributed by atoms with E-state index in [4.69, 9.17) is 0 Å². The van der Waals surface area contributed by atoms with Crippen LogP contribution in [0.1, 0.15) is 26.2 Å². The lowest BCUT2D eigenvalue weighted by atomic mass is 9.88. The molecule has 0 saturated carbocycles. The molecule has 100 valence electrons. The maximum absolute atomic E-state index is 11.7. The number of carbonyl (C=O) groups is 1. The molecule has 1 aliphatic heterocycles. The standard InChI is InChI=1S/C13H15N3O2S/c1-13(12(17)18)5-2-3-6-16(13)11-10-9(4-7-19-10)14-8-15-11/h4,7-8H,2-3,5-6H2,1H3,(H,17,18). The normalized spacial score (nSPS) is 23.7. The van der Waals surface area contributed by atoms with E-state index in [1.165, 1.54) is 6.33 Å². The largest absolute Gasteiger partial charge is 0.480 e. The van der Waals surface area contributed by atoms with Crippen LogP contribution in [0.3, 0.4) is 0 Å². The number of hydrogen-bond donors (Lipinski definition) is 1. The van der Waals surface area contributed by atoms with E-state index >= 15 is 0 Å². The summed E-state index contributed by atoms with van der Waals surface area (Å²) in [5, 5.41) is 11.5. The molecule has 0 spiro atoms. The number of rotatable bonds is 2. The van der Waals surface area contributed by atoms with Gasteiger partial charge in [-0.25, -0.2) is 14.8 Å². The van der Waals surface area contributed by atoms with Crippen LogP contribution >= 0.6 is 11.3 Å². The monoisotopic (exact) mass is 277 g/mol. The van der Waals surface area contributed by atoms with Crippen LogP contribution in [0.2, 0.25) is 0 Å². The molecule has 19 heavy (non-hydrogen) atoms. The molecular formula is C13H15N3O2S. The van der Waals surface area contributed by atoms with Gasteiger partial charge >= 0.3 is 5.97 Å². The molecule has 1 atom stereocenters. The quantitative estimate of drug-likeness (QED) is 0.913. The summed E-state index contributed by atoms with van der Waals surface area (Å²) in [6.45, 7) is 2.52. The van der Waals surface area contributed by atoms with Crippen LogP contribution in [0, 0.1) is 0 Å². The summed E-state index contributed by atoms with van der Waals surface area (Å²) in [6.07, 6.45) is 4.11. The highest BCUT2D eigenvalue weighted by Crippen LogP contribution is 2.36. The smallest absolute Gasteiger partial charge is 0.329 e. The number of fused-ring (bicyclic) bond motifs is 1. The lowest BCUT2D eigenvalue weighted by Gasteiger charge is -2.42. The van der Waals surface area contributed by atoms with Crippen molar-refractivity contribution >= 4 is 33.3 Å². The average Bonchev–Trinajstić information content (AvgIpc) is 2.87. The molecule has 1 unspecified atom stereocenters. The zero-order valence-corrected chi connectivity index (χ0v) is 11.5. The van der Waals surface area contributed by atoms with Crippen molar-refractivity contribution in [2.75, 3.05) is 11.4 Å². The van der Waals surface area contributed by atoms with E-state index in [1.54, 1.807) is 18.3 Å². The Hall–Kier alpha value is -1.69. The highest BCUT2D eigenvalue weighted by atomic mass is 32.1. The van der Waals surface area contributed by atoms with Gasteiger partial charge in [-0.05, 0) is 37.6 Å². The SMILES string of the molecule is CC1(C(=O)O)CCCCN1c1ncnc2ccsc12. The van der Waals surface area contributed by atoms with Crippen LogP contribution in [-0.4, -0.2) is 33.1 Å². The third kappa shape index (κ3) is 1.87. The highest BCUT2D eigenvalue weighted by molar-refractivity contribution is 7.17. The summed E-state index contributed by atoms with van der Waals surface area (Å²) >= 11 is 1.56. The third-order valence-electron chi connectivity index (χ3n) is 3.83. The van der Waals surface area contributed by atoms with Crippen LogP contribution < -0.4 is 4.90 Å². The summed E-state index contributed by atoms with van der Waals surface area (Å²) < 4.78 is 0.969. The van der Waals surface area contributed by atoms with Gasteiger partial charge in [0.2, 0.25) is 0 Å². The molecule has 1 aliphatic rings. The molecule has 1 fully saturated rings. The molecule has 0 bridgehead atoms. The van der Waals surface area contributed by atoms with Crippen molar-refractivity contribution < 1.29 is 9.90 Å². The Kier molecular flexibility index (Phi) is 2.89. The minimum atomic E-state index is -0.872. The van der Waals surface area contributed by atoms with Crippen molar-refractivity contribution in [1.82, 2.24) is 9.97 Å². The number of piperidine rings is 1. The molecule has 0 radical (unpaired) electrons. The molecule has 5 nitrogen and oxygen atoms in total. The molecular weight excluding hydrogens is 262 g/mol.